The summed E-state index contributed by atoms with van der Waals surface area (Å²) in [6.45, 7) is 1.85. The van der Waals surface area contributed by atoms with E-state index in [-0.39, 0.29) is 23.9 Å². The van der Waals surface area contributed by atoms with E-state index in [1.807, 2.05) is 13.0 Å². The molecular weight excluding hydrogens is 325 g/mol. The van der Waals surface area contributed by atoms with Crippen LogP contribution >= 0.6 is 15.9 Å². The van der Waals surface area contributed by atoms with Crippen molar-refractivity contribution in [3.63, 3.8) is 0 Å². The first-order valence-electron chi connectivity index (χ1n) is 5.54. The second-order valence-corrected chi connectivity index (χ2v) is 4.72. The van der Waals surface area contributed by atoms with Gasteiger partial charge < -0.3 is 10.1 Å². The van der Waals surface area contributed by atoms with E-state index in [2.05, 4.69) is 26.0 Å². The minimum Gasteiger partial charge on any atom is -0.404 e. The monoisotopic (exact) mass is 336 g/mol. The fourth-order valence-corrected chi connectivity index (χ4v) is 1.79. The van der Waals surface area contributed by atoms with Crippen molar-refractivity contribution < 1.29 is 17.9 Å². The molecule has 0 heterocycles. The zero-order valence-electron chi connectivity index (χ0n) is 10.1. The molecule has 0 saturated heterocycles. The number of hydrogen-bond donors (Lipinski definition) is 1. The van der Waals surface area contributed by atoms with Crippen molar-refractivity contribution in [1.82, 2.24) is 0 Å². The SMILES string of the molecule is CCC(CC#N)Nc1ccc(Br)cc1OC(F)(F)F. The van der Waals surface area contributed by atoms with Gasteiger partial charge in [-0.05, 0) is 24.6 Å². The van der Waals surface area contributed by atoms with E-state index in [0.29, 0.717) is 10.9 Å². The number of nitrogens with zero attached hydrogens (tertiary/aromatic N) is 1. The first kappa shape index (κ1) is 15.6. The summed E-state index contributed by atoms with van der Waals surface area (Å²) in [6, 6.07) is 6.07. The van der Waals surface area contributed by atoms with Gasteiger partial charge in [0.2, 0.25) is 0 Å². The number of nitrogens with one attached hydrogen (secondary N) is 1. The van der Waals surface area contributed by atoms with Crippen LogP contribution in [0.1, 0.15) is 19.8 Å². The van der Waals surface area contributed by atoms with Gasteiger partial charge in [-0.15, -0.1) is 13.2 Å². The van der Waals surface area contributed by atoms with E-state index < -0.39 is 6.36 Å². The first-order chi connectivity index (χ1) is 8.85. The number of rotatable bonds is 5. The Morgan fingerprint density at radius 1 is 1.47 bits per heavy atom. The predicted octanol–water partition coefficient (Wildman–Crippen LogP) is 4.45. The van der Waals surface area contributed by atoms with Crippen LogP contribution in [0.2, 0.25) is 0 Å². The van der Waals surface area contributed by atoms with Gasteiger partial charge in [0.05, 0.1) is 18.2 Å². The van der Waals surface area contributed by atoms with Gasteiger partial charge in [0, 0.05) is 10.5 Å². The van der Waals surface area contributed by atoms with Crippen LogP contribution in [-0.2, 0) is 0 Å². The Labute approximate surface area is 117 Å². The summed E-state index contributed by atoms with van der Waals surface area (Å²) in [5, 5.41) is 11.5. The van der Waals surface area contributed by atoms with Crippen molar-refractivity contribution in [2.24, 2.45) is 0 Å². The maximum absolute atomic E-state index is 12.3. The van der Waals surface area contributed by atoms with Crippen molar-refractivity contribution in [3.05, 3.63) is 22.7 Å². The molecule has 0 aliphatic heterocycles. The Kier molecular flexibility index (Phi) is 5.48. The summed E-state index contributed by atoms with van der Waals surface area (Å²) in [5.74, 6) is -0.321. The molecule has 1 N–H and O–H groups in total. The largest absolute Gasteiger partial charge is 0.573 e. The topological polar surface area (TPSA) is 45.0 Å². The summed E-state index contributed by atoms with van der Waals surface area (Å²) < 4.78 is 41.3. The second-order valence-electron chi connectivity index (χ2n) is 3.80. The van der Waals surface area contributed by atoms with Crippen LogP contribution in [0.3, 0.4) is 0 Å². The van der Waals surface area contributed by atoms with Gasteiger partial charge in [0.15, 0.2) is 5.75 Å². The lowest BCUT2D eigenvalue weighted by Crippen LogP contribution is -2.21. The number of alkyl halides is 3. The Balaban J connectivity index is 2.96. The van der Waals surface area contributed by atoms with E-state index in [4.69, 9.17) is 5.26 Å². The zero-order valence-corrected chi connectivity index (χ0v) is 11.7. The first-order valence-corrected chi connectivity index (χ1v) is 6.33. The zero-order chi connectivity index (χ0) is 14.5. The minimum absolute atomic E-state index is 0.206. The number of nitriles is 1. The molecule has 3 nitrogen and oxygen atoms in total. The van der Waals surface area contributed by atoms with Gasteiger partial charge in [0.25, 0.3) is 0 Å². The highest BCUT2D eigenvalue weighted by molar-refractivity contribution is 9.10. The highest BCUT2D eigenvalue weighted by atomic mass is 79.9. The molecule has 1 atom stereocenters. The average molecular weight is 337 g/mol. The van der Waals surface area contributed by atoms with Crippen molar-refractivity contribution in [3.8, 4) is 11.8 Å². The quantitative estimate of drug-likeness (QED) is 0.863. The molecule has 0 aliphatic carbocycles. The lowest BCUT2D eigenvalue weighted by Gasteiger charge is -2.19. The van der Waals surface area contributed by atoms with E-state index >= 15 is 0 Å². The lowest BCUT2D eigenvalue weighted by atomic mass is 10.1. The maximum Gasteiger partial charge on any atom is 0.573 e. The van der Waals surface area contributed by atoms with Crippen molar-refractivity contribution in [1.29, 1.82) is 5.26 Å². The summed E-state index contributed by atoms with van der Waals surface area (Å²) in [7, 11) is 0. The van der Waals surface area contributed by atoms with E-state index in [1.165, 1.54) is 12.1 Å². The van der Waals surface area contributed by atoms with Gasteiger partial charge in [-0.2, -0.15) is 5.26 Å². The predicted molar refractivity (Wildman–Crippen MR) is 68.8 cm³/mol. The summed E-state index contributed by atoms with van der Waals surface area (Å²) >= 11 is 3.09. The number of hydrogen-bond acceptors (Lipinski definition) is 3. The van der Waals surface area contributed by atoms with Crippen molar-refractivity contribution in [2.75, 3.05) is 5.32 Å². The molecule has 19 heavy (non-hydrogen) atoms. The van der Waals surface area contributed by atoms with Crippen molar-refractivity contribution in [2.45, 2.75) is 32.2 Å². The molecule has 7 heteroatoms. The molecule has 1 aromatic rings. The van der Waals surface area contributed by atoms with E-state index in [9.17, 15) is 13.2 Å². The number of ether oxygens (including phenoxy) is 1. The molecule has 1 rings (SSSR count). The Hall–Kier alpha value is -1.42. The van der Waals surface area contributed by atoms with Crippen LogP contribution in [0, 0.1) is 11.3 Å². The molecule has 1 unspecified atom stereocenters. The van der Waals surface area contributed by atoms with Crippen molar-refractivity contribution >= 4 is 21.6 Å². The molecule has 0 bridgehead atoms. The van der Waals surface area contributed by atoms with Gasteiger partial charge in [-0.1, -0.05) is 22.9 Å². The lowest BCUT2D eigenvalue weighted by molar-refractivity contribution is -0.274. The van der Waals surface area contributed by atoms with Gasteiger partial charge >= 0.3 is 6.36 Å². The molecule has 0 aromatic heterocycles. The van der Waals surface area contributed by atoms with Gasteiger partial charge in [-0.3, -0.25) is 0 Å². The van der Waals surface area contributed by atoms with Crippen LogP contribution < -0.4 is 10.1 Å². The molecule has 1 aromatic carbocycles. The van der Waals surface area contributed by atoms with E-state index in [0.717, 1.165) is 0 Å². The average Bonchev–Trinajstić information content (AvgIpc) is 2.29. The Morgan fingerprint density at radius 2 is 2.16 bits per heavy atom. The smallest absolute Gasteiger partial charge is 0.404 e. The minimum atomic E-state index is -4.76. The molecule has 0 radical (unpaired) electrons. The summed E-state index contributed by atoms with van der Waals surface area (Å²) in [5.41, 5.74) is 0.211. The summed E-state index contributed by atoms with van der Waals surface area (Å²) in [4.78, 5) is 0. The number of benzene rings is 1. The number of halogens is 4. The molecular formula is C12H12BrF3N2O. The fraction of sp³-hybridized carbons (Fsp3) is 0.417. The van der Waals surface area contributed by atoms with Gasteiger partial charge in [0.1, 0.15) is 0 Å². The van der Waals surface area contributed by atoms with Crippen LogP contribution in [0.5, 0.6) is 5.75 Å². The van der Waals surface area contributed by atoms with E-state index in [1.54, 1.807) is 6.07 Å². The van der Waals surface area contributed by atoms with Crippen LogP contribution in [0.25, 0.3) is 0 Å². The molecule has 0 aliphatic rings. The summed E-state index contributed by atoms with van der Waals surface area (Å²) in [6.07, 6.45) is -3.93. The van der Waals surface area contributed by atoms with Crippen LogP contribution in [0.4, 0.5) is 18.9 Å². The second kappa shape index (κ2) is 6.66. The molecule has 0 fully saturated rings. The third kappa shape index (κ3) is 5.39. The fourth-order valence-electron chi connectivity index (χ4n) is 1.45. The highest BCUT2D eigenvalue weighted by Gasteiger charge is 2.32. The Morgan fingerprint density at radius 3 is 2.68 bits per heavy atom. The molecule has 0 amide bonds. The van der Waals surface area contributed by atoms with Crippen LogP contribution in [0.15, 0.2) is 22.7 Å². The number of anilines is 1. The standard InChI is InChI=1S/C12H12BrF3N2O/c1-2-9(5-6-17)18-10-4-3-8(13)7-11(10)19-12(14,15)16/h3-4,7,9,18H,2,5H2,1H3. The molecule has 0 spiro atoms. The van der Waals surface area contributed by atoms with Gasteiger partial charge in [-0.25, -0.2) is 0 Å². The highest BCUT2D eigenvalue weighted by Crippen LogP contribution is 2.33. The molecule has 0 saturated carbocycles. The Bertz CT molecular complexity index is 471. The van der Waals surface area contributed by atoms with Crippen LogP contribution in [-0.4, -0.2) is 12.4 Å². The maximum atomic E-state index is 12.3. The molecule has 104 valence electrons. The third-order valence-corrected chi connectivity index (χ3v) is 2.85. The normalized spacial score (nSPS) is 12.6. The third-order valence-electron chi connectivity index (χ3n) is 2.36.